The number of unbranched alkanes of at least 4 members (excludes halogenated alkanes) is 1. The number of aromatic nitrogens is 1. The fourth-order valence-corrected chi connectivity index (χ4v) is 18.7. The fourth-order valence-electron chi connectivity index (χ4n) is 14.0. The first-order valence-corrected chi connectivity index (χ1v) is 43.4. The minimum Gasteiger partial charge on any atom is -0.508 e. The second kappa shape index (κ2) is 43.8. The third kappa shape index (κ3) is 26.3. The van der Waals surface area contributed by atoms with Gasteiger partial charge in [0.05, 0.1) is 26.3 Å². The minimum absolute atomic E-state index is 0.0306. The number of ether oxygens (including phenoxy) is 1. The van der Waals surface area contributed by atoms with E-state index in [2.05, 4.69) is 74.1 Å². The summed E-state index contributed by atoms with van der Waals surface area (Å²) in [5.74, 6) is -16.0. The summed E-state index contributed by atoms with van der Waals surface area (Å²) in [7, 11) is 4.91. The van der Waals surface area contributed by atoms with E-state index in [1.165, 1.54) is 31.4 Å². The zero-order valence-electron chi connectivity index (χ0n) is 64.0. The summed E-state index contributed by atoms with van der Waals surface area (Å²) in [6.07, 6.45) is 3.96. The molecule has 35 nitrogen and oxygen atoms in total. The summed E-state index contributed by atoms with van der Waals surface area (Å²) in [6, 6.07) is 1.12. The quantitative estimate of drug-likeness (QED) is 0.0346. The molecule has 1 aromatic heterocycles. The van der Waals surface area contributed by atoms with Crippen LogP contribution in [0.2, 0.25) is 0 Å². The number of carbonyl (C=O) groups is 15. The molecule has 5 aliphatic rings. The topological polar surface area (TPSA) is 527 Å². The second-order valence-electron chi connectivity index (χ2n) is 29.3. The Morgan fingerprint density at radius 1 is 0.609 bits per heavy atom. The summed E-state index contributed by atoms with van der Waals surface area (Å²) >= 11 is 0. The van der Waals surface area contributed by atoms with E-state index in [1.54, 1.807) is 68.6 Å². The number of aliphatic hydroxyl groups excluding tert-OH is 1. The molecular weight excluding hydrogens is 1570 g/mol. The van der Waals surface area contributed by atoms with Crippen LogP contribution in [-0.2, 0) is 91.2 Å². The lowest BCUT2D eigenvalue weighted by Crippen LogP contribution is -2.61. The number of aliphatic carboxylic acids is 1. The van der Waals surface area contributed by atoms with Crippen LogP contribution in [0.25, 0.3) is 10.9 Å². The van der Waals surface area contributed by atoms with Crippen molar-refractivity contribution in [2.45, 2.75) is 189 Å². The Labute approximate surface area is 679 Å². The number of hydrogen-bond acceptors (Lipinski definition) is 23. The number of amides is 14. The number of nitrogens with zero attached hydrogens (tertiary/aromatic N) is 1. The SMILES string of the molecule is COc1ccc(C[C@@H]2NC(=O)CNC(=O)[C@@H]3CSSC[C@H](NC(=O)[C@H](CC4CCCCC4)NC(=O)[C@H](CCCCN)NC(=O)[C@H](Cc4ccc(O)cc4)NC2=O)C(=O)N[C@@H](Cc2c[nH]c4ccccc24)C(=O)N2CC[C@H](O)[C@H]2C(=O)N[C@H](C(=O)O)CSSC[C@H](NC(=O)[C@@H](NC(=O)CNC(=O)[C@@H]2CCC(=O)N2)C(C)C)C(=O)N3)cc1. The molecule has 0 unspecified atom stereocenters. The molecule has 0 spiro atoms. The average Bonchev–Trinajstić information content (AvgIpc) is 1.67. The van der Waals surface area contributed by atoms with Gasteiger partial charge in [-0.2, -0.15) is 0 Å². The van der Waals surface area contributed by atoms with Crippen molar-refractivity contribution in [3.63, 3.8) is 0 Å². The number of methoxy groups -OCH3 is 1. The van der Waals surface area contributed by atoms with E-state index in [4.69, 9.17) is 10.5 Å². The van der Waals surface area contributed by atoms with Crippen molar-refractivity contribution in [2.24, 2.45) is 17.6 Å². The van der Waals surface area contributed by atoms with E-state index in [1.807, 2.05) is 0 Å². The normalized spacial score (nSPS) is 25.7. The number of carbonyl (C=O) groups excluding carboxylic acids is 14. The molecule has 14 amide bonds. The molecular formula is C76H102N16O19S4. The molecule has 3 aromatic carbocycles. The van der Waals surface area contributed by atoms with Crippen LogP contribution in [0, 0.1) is 11.8 Å². The molecule has 5 heterocycles. The third-order valence-corrected chi connectivity index (χ3v) is 25.3. The van der Waals surface area contributed by atoms with Gasteiger partial charge in [0.2, 0.25) is 82.7 Å². The third-order valence-electron chi connectivity index (χ3n) is 20.4. The van der Waals surface area contributed by atoms with Crippen molar-refractivity contribution >= 4 is 143 Å². The molecule has 2 bridgehead atoms. The van der Waals surface area contributed by atoms with Crippen LogP contribution in [0.15, 0.2) is 79.0 Å². The van der Waals surface area contributed by atoms with Gasteiger partial charge in [0, 0.05) is 72.3 Å². The number of para-hydroxylation sites is 1. The monoisotopic (exact) mass is 1670 g/mol. The van der Waals surface area contributed by atoms with Gasteiger partial charge < -0.3 is 105 Å². The summed E-state index contributed by atoms with van der Waals surface area (Å²) in [6.45, 7) is 1.59. The zero-order chi connectivity index (χ0) is 82.8. The van der Waals surface area contributed by atoms with Gasteiger partial charge in [0.1, 0.15) is 84.0 Å². The lowest BCUT2D eigenvalue weighted by molar-refractivity contribution is -0.146. The second-order valence-corrected chi connectivity index (χ2v) is 34.4. The van der Waals surface area contributed by atoms with Crippen molar-refractivity contribution in [1.82, 2.24) is 79.0 Å². The number of nitrogens with one attached hydrogen (secondary N) is 14. The van der Waals surface area contributed by atoms with Gasteiger partial charge in [0.25, 0.3) is 0 Å². The Morgan fingerprint density at radius 2 is 1.22 bits per heavy atom. The van der Waals surface area contributed by atoms with Crippen LogP contribution in [0.3, 0.4) is 0 Å². The highest BCUT2D eigenvalue weighted by molar-refractivity contribution is 8.77. The number of phenolic OH excluding ortho intramolecular Hbond substituents is 1. The molecule has 624 valence electrons. The van der Waals surface area contributed by atoms with E-state index in [0.29, 0.717) is 52.6 Å². The number of H-pyrrole nitrogens is 1. The predicted octanol–water partition coefficient (Wildman–Crippen LogP) is -1.14. The molecule has 115 heavy (non-hydrogen) atoms. The molecule has 39 heteroatoms. The predicted molar refractivity (Wildman–Crippen MR) is 430 cm³/mol. The highest BCUT2D eigenvalue weighted by atomic mass is 33.1. The van der Waals surface area contributed by atoms with Crippen molar-refractivity contribution in [2.75, 3.05) is 56.3 Å². The van der Waals surface area contributed by atoms with E-state index in [-0.39, 0.29) is 88.5 Å². The van der Waals surface area contributed by atoms with Crippen molar-refractivity contribution in [3.05, 3.63) is 95.7 Å². The highest BCUT2D eigenvalue weighted by Gasteiger charge is 2.46. The summed E-state index contributed by atoms with van der Waals surface area (Å²) in [5, 5.41) is 67.7. The van der Waals surface area contributed by atoms with E-state index in [0.717, 1.165) is 67.3 Å². The van der Waals surface area contributed by atoms with E-state index < -0.39 is 203 Å². The number of carboxylic acid groups (broad SMARTS) is 1. The molecule has 13 atom stereocenters. The first-order valence-electron chi connectivity index (χ1n) is 38.4. The number of phenols is 1. The summed E-state index contributed by atoms with van der Waals surface area (Å²) < 4.78 is 5.37. The Morgan fingerprint density at radius 3 is 1.88 bits per heavy atom. The van der Waals surface area contributed by atoms with Crippen LogP contribution in [-0.4, -0.2) is 249 Å². The van der Waals surface area contributed by atoms with E-state index in [9.17, 15) is 53.7 Å². The molecule has 4 aromatic rings. The first kappa shape index (κ1) is 89.1. The van der Waals surface area contributed by atoms with Gasteiger partial charge in [-0.3, -0.25) is 67.1 Å². The van der Waals surface area contributed by atoms with Gasteiger partial charge in [-0.05, 0) is 104 Å². The number of aromatic amines is 1. The van der Waals surface area contributed by atoms with Gasteiger partial charge >= 0.3 is 5.97 Å². The van der Waals surface area contributed by atoms with E-state index >= 15 is 33.6 Å². The number of hydrogen-bond donors (Lipinski definition) is 18. The van der Waals surface area contributed by atoms with Crippen molar-refractivity contribution in [1.29, 1.82) is 0 Å². The zero-order valence-corrected chi connectivity index (χ0v) is 67.2. The molecule has 19 N–H and O–H groups in total. The van der Waals surface area contributed by atoms with Crippen LogP contribution in [0.4, 0.5) is 0 Å². The summed E-state index contributed by atoms with van der Waals surface area (Å²) in [4.78, 5) is 221. The van der Waals surface area contributed by atoms with Gasteiger partial charge in [0.15, 0.2) is 0 Å². The standard InChI is InChI=1S/C76H102N16O19S4/c1-40(2)63(91-62(97)35-79-65(98)50-24-25-60(95)81-50)73(106)89-57-38-114-115-39-58(76(109)110)90-74(107)64-59(94)26-28-92(64)75(108)54(32-44-33-78-48-14-8-7-13-47(44)48)86-71(104)56-37-113-112-36-55(87-72(57)105)66(99)80-34-61(96)82-51(30-43-18-22-46(111-3)23-19-43)68(101)85-53(31-42-16-20-45(93)21-17-42)69(102)83-49(15-9-10-27-77)67(100)84-52(70(103)88-56)29-41-11-5-4-6-12-41/h7-8,13-14,16-23,33,40-41,49-59,63-64,78,93-94H,4-6,9-12,15,24-32,34-39,77H2,1-3H3,(H,79,98)(H,80,99)(H,81,95)(H,82,96)(H,83,102)(H,84,100)(H,85,101)(H,86,104)(H,87,105)(H,88,103)(H,89,106)(H,90,107)(H,91,97)(H,109,110)/t49-,50-,51-,52-,53-,54-,55-,56-,57-,58-,59-,63-,64-/m0/s1. The number of carboxylic acids is 1. The maximum atomic E-state index is 15.6. The number of rotatable bonds is 21. The van der Waals surface area contributed by atoms with Gasteiger partial charge in [-0.25, -0.2) is 4.79 Å². The lowest BCUT2D eigenvalue weighted by Gasteiger charge is -2.32. The number of aromatic hydroxyl groups is 1. The Kier molecular flexibility index (Phi) is 33.9. The summed E-state index contributed by atoms with van der Waals surface area (Å²) in [5.41, 5.74) is 8.07. The Bertz CT molecular complexity index is 4140. The van der Waals surface area contributed by atoms with Crippen molar-refractivity contribution in [3.8, 4) is 11.5 Å². The molecule has 1 aliphatic carbocycles. The molecule has 4 saturated heterocycles. The molecule has 5 fully saturated rings. The number of fused-ring (bicyclic) bond motifs is 7. The van der Waals surface area contributed by atoms with Crippen molar-refractivity contribution < 1.29 is 92.0 Å². The fraction of sp³-hybridized carbons (Fsp3) is 0.539. The minimum atomic E-state index is -1.74. The molecule has 4 aliphatic heterocycles. The molecule has 9 rings (SSSR count). The molecule has 0 radical (unpaired) electrons. The van der Waals surface area contributed by atoms with Crippen LogP contribution < -0.4 is 79.6 Å². The number of benzene rings is 3. The largest absolute Gasteiger partial charge is 0.508 e. The smallest absolute Gasteiger partial charge is 0.327 e. The Hall–Kier alpha value is -9.83. The lowest BCUT2D eigenvalue weighted by atomic mass is 9.84. The van der Waals surface area contributed by atoms with Crippen LogP contribution in [0.5, 0.6) is 11.5 Å². The van der Waals surface area contributed by atoms with Crippen LogP contribution >= 0.6 is 43.2 Å². The Balaban J connectivity index is 1.13. The van der Waals surface area contributed by atoms with Gasteiger partial charge in [-0.15, -0.1) is 0 Å². The number of nitrogens with two attached hydrogens (primary N) is 1. The highest BCUT2D eigenvalue weighted by Crippen LogP contribution is 2.31. The van der Waals surface area contributed by atoms with Gasteiger partial charge in [-0.1, -0.05) is 132 Å². The maximum absolute atomic E-state index is 15.6. The maximum Gasteiger partial charge on any atom is 0.327 e. The average molecular weight is 1670 g/mol. The first-order chi connectivity index (χ1) is 55.1. The molecule has 1 saturated carbocycles. The number of aliphatic hydroxyl groups is 1. The van der Waals surface area contributed by atoms with Crippen LogP contribution in [0.1, 0.15) is 108 Å².